The summed E-state index contributed by atoms with van der Waals surface area (Å²) in [5, 5.41) is 15.0. The van der Waals surface area contributed by atoms with Gasteiger partial charge in [0, 0.05) is 36.1 Å². The number of azide groups is 1. The van der Waals surface area contributed by atoms with Crippen molar-refractivity contribution in [1.82, 2.24) is 0 Å². The SMILES string of the molecule is CCC1O[C@@H](O[C@H]2C(COC(=O)c3ccccc3)O[C@@H](O[C@@H]3C(CC)O[C@@H](OCCCN=[N+]=[N-])C(OC(=O)c4ccccc4)[C@H]3C)C(OC(=O)c3ccccc3)[C@H]2O[C@@H]2OC(CC)[C@@H](O)[C@@H](C)C2C)C(OC(C)=O)[C@@H](C)[C@@H]1C. The third-order valence-electron chi connectivity index (χ3n) is 15.6. The van der Waals surface area contributed by atoms with Crippen LogP contribution in [0.15, 0.2) is 96.1 Å². The zero-order valence-corrected chi connectivity index (χ0v) is 46.0. The minimum atomic E-state index is -1.58. The van der Waals surface area contributed by atoms with E-state index < -0.39 is 129 Å². The van der Waals surface area contributed by atoms with Crippen molar-refractivity contribution in [1.29, 1.82) is 0 Å². The first-order chi connectivity index (χ1) is 37.6. The van der Waals surface area contributed by atoms with Gasteiger partial charge in [-0.3, -0.25) is 4.79 Å². The van der Waals surface area contributed by atoms with Crippen LogP contribution in [-0.2, 0) is 61.6 Å². The highest BCUT2D eigenvalue weighted by Crippen LogP contribution is 2.43. The molecule has 0 spiro atoms. The number of aliphatic hydroxyl groups excluding tert-OH is 1. The molecule has 3 aromatic rings. The fourth-order valence-corrected chi connectivity index (χ4v) is 10.7. The second-order valence-electron chi connectivity index (χ2n) is 20.7. The van der Waals surface area contributed by atoms with Crippen molar-refractivity contribution >= 4 is 23.9 Å². The molecular weight excluding hydrogens is 1010 g/mol. The zero-order chi connectivity index (χ0) is 56.0. The van der Waals surface area contributed by atoms with Crippen molar-refractivity contribution in [3.8, 4) is 0 Å². The summed E-state index contributed by atoms with van der Waals surface area (Å²) in [5.74, 6) is -4.57. The molecule has 1 N–H and O–H groups in total. The summed E-state index contributed by atoms with van der Waals surface area (Å²) in [5.41, 5.74) is 9.62. The molecule has 0 saturated carbocycles. The van der Waals surface area contributed by atoms with Crippen LogP contribution in [0.2, 0.25) is 0 Å². The van der Waals surface area contributed by atoms with Gasteiger partial charge in [-0.15, -0.1) is 0 Å². The van der Waals surface area contributed by atoms with Gasteiger partial charge in [-0.2, -0.15) is 0 Å². The van der Waals surface area contributed by atoms with E-state index in [9.17, 15) is 24.3 Å². The molecule has 7 rings (SSSR count). The Morgan fingerprint density at radius 2 is 1.01 bits per heavy atom. The van der Waals surface area contributed by atoms with Crippen molar-refractivity contribution in [3.05, 3.63) is 118 Å². The molecule has 4 aliphatic heterocycles. The lowest BCUT2D eigenvalue weighted by Gasteiger charge is -2.52. The lowest BCUT2D eigenvalue weighted by molar-refractivity contribution is -0.389. The molecule has 0 amide bonds. The molecule has 0 aliphatic carbocycles. The molecule has 78 heavy (non-hydrogen) atoms. The number of ether oxygens (including phenoxy) is 12. The number of carbonyl (C=O) groups excluding carboxylic acids is 4. The summed E-state index contributed by atoms with van der Waals surface area (Å²) in [6.45, 7) is 16.4. The van der Waals surface area contributed by atoms with Crippen molar-refractivity contribution in [3.63, 3.8) is 0 Å². The molecule has 20 nitrogen and oxygen atoms in total. The van der Waals surface area contributed by atoms with Crippen molar-refractivity contribution in [2.45, 2.75) is 180 Å². The Morgan fingerprint density at radius 3 is 1.58 bits per heavy atom. The molecule has 4 aliphatic rings. The Balaban J connectivity index is 1.36. The van der Waals surface area contributed by atoms with Gasteiger partial charge in [0.25, 0.3) is 0 Å². The number of rotatable bonds is 22. The number of benzene rings is 3. The highest BCUT2D eigenvalue weighted by atomic mass is 16.8. The number of esters is 4. The standard InChI is InChI=1S/C58H77N3O17/c1-10-41-32(4)34(6)47(69-37(9)62)57(70-41)77-49-44(31-68-52(64)38-23-16-13-17-24-38)73-58(51(75-54(66)40-27-20-15-21-28-40)50(49)78-55-35(7)33(5)45(63)42(11-2)71-55)76-46-36(8)48(74-53(65)39-25-18-14-19-26-39)56(72-43(46)12-3)67-30-22-29-60-61-59/h13-21,23-28,32-36,41-51,55-58,63H,10-12,22,29-31H2,1-9H3/t32-,33-,34-,35?,36-,41?,42?,43?,44?,45-,46-,47?,48?,49-,50-,51?,55-,56+,57-,58-/m0/s1. The summed E-state index contributed by atoms with van der Waals surface area (Å²) in [7, 11) is 0. The molecule has 0 bridgehead atoms. The van der Waals surface area contributed by atoms with Gasteiger partial charge < -0.3 is 61.9 Å². The number of hydrogen-bond acceptors (Lipinski definition) is 18. The lowest BCUT2D eigenvalue weighted by Crippen LogP contribution is -2.67. The van der Waals surface area contributed by atoms with E-state index in [2.05, 4.69) is 10.0 Å². The highest BCUT2D eigenvalue weighted by molar-refractivity contribution is 5.90. The van der Waals surface area contributed by atoms with E-state index >= 15 is 0 Å². The average molecular weight is 1090 g/mol. The van der Waals surface area contributed by atoms with Gasteiger partial charge in [-0.05, 0) is 79.4 Å². The molecule has 3 aromatic carbocycles. The third kappa shape index (κ3) is 14.6. The first-order valence-corrected chi connectivity index (χ1v) is 27.4. The maximum Gasteiger partial charge on any atom is 0.338 e. The van der Waals surface area contributed by atoms with E-state index in [1.165, 1.54) is 6.92 Å². The second kappa shape index (κ2) is 28.6. The van der Waals surface area contributed by atoms with Gasteiger partial charge in [-0.1, -0.05) is 115 Å². The van der Waals surface area contributed by atoms with E-state index in [0.29, 0.717) is 25.7 Å². The minimum absolute atomic E-state index is 0.0751. The van der Waals surface area contributed by atoms with Gasteiger partial charge in [0.1, 0.15) is 24.9 Å². The third-order valence-corrected chi connectivity index (χ3v) is 15.6. The molecule has 4 saturated heterocycles. The normalized spacial score (nSPS) is 34.8. The molecule has 20 atom stereocenters. The van der Waals surface area contributed by atoms with Gasteiger partial charge in [-0.25, -0.2) is 14.4 Å². The molecule has 8 unspecified atom stereocenters. The largest absolute Gasteiger partial charge is 0.459 e. The van der Waals surface area contributed by atoms with Crippen molar-refractivity contribution < 1.29 is 81.1 Å². The lowest BCUT2D eigenvalue weighted by atomic mass is 9.82. The average Bonchev–Trinajstić information content (AvgIpc) is 3.46. The highest BCUT2D eigenvalue weighted by Gasteiger charge is 2.58. The van der Waals surface area contributed by atoms with E-state index in [4.69, 9.17) is 62.4 Å². The molecule has 0 aromatic heterocycles. The van der Waals surface area contributed by atoms with Crippen molar-refractivity contribution in [2.75, 3.05) is 19.8 Å². The van der Waals surface area contributed by atoms with Crippen LogP contribution in [0.25, 0.3) is 10.4 Å². The van der Waals surface area contributed by atoms with E-state index in [1.807, 2.05) is 55.4 Å². The van der Waals surface area contributed by atoms with Gasteiger partial charge in [0.05, 0.1) is 53.8 Å². The van der Waals surface area contributed by atoms with Crippen LogP contribution in [-0.4, -0.2) is 141 Å². The quantitative estimate of drug-likeness (QED) is 0.0246. The van der Waals surface area contributed by atoms with Crippen LogP contribution < -0.4 is 0 Å². The molecule has 20 heteroatoms. The predicted molar refractivity (Wildman–Crippen MR) is 280 cm³/mol. The van der Waals surface area contributed by atoms with Gasteiger partial charge in [0.15, 0.2) is 43.5 Å². The summed E-state index contributed by atoms with van der Waals surface area (Å²) in [4.78, 5) is 58.2. The Morgan fingerprint density at radius 1 is 0.526 bits per heavy atom. The van der Waals surface area contributed by atoms with E-state index in [1.54, 1.807) is 91.0 Å². The smallest absolute Gasteiger partial charge is 0.338 e. The molecule has 4 heterocycles. The van der Waals surface area contributed by atoms with Crippen LogP contribution >= 0.6 is 0 Å². The number of carbonyl (C=O) groups is 4. The van der Waals surface area contributed by atoms with Crippen LogP contribution in [0, 0.1) is 29.6 Å². The van der Waals surface area contributed by atoms with Crippen LogP contribution in [0.3, 0.4) is 0 Å². The fraction of sp³-hybridized carbons (Fsp3) is 0.621. The number of aliphatic hydroxyl groups is 1. The first-order valence-electron chi connectivity index (χ1n) is 27.4. The Hall–Kier alpha value is -5.51. The number of nitrogens with zero attached hydrogens (tertiary/aromatic N) is 3. The Labute approximate surface area is 456 Å². The monoisotopic (exact) mass is 1090 g/mol. The van der Waals surface area contributed by atoms with Gasteiger partial charge in [0.2, 0.25) is 0 Å². The Kier molecular flexibility index (Phi) is 22.0. The topological polar surface area (TPSA) is 248 Å². The first kappa shape index (κ1) is 60.1. The second-order valence-corrected chi connectivity index (χ2v) is 20.7. The van der Waals surface area contributed by atoms with Gasteiger partial charge >= 0.3 is 23.9 Å². The van der Waals surface area contributed by atoms with E-state index in [0.717, 1.165) is 0 Å². The van der Waals surface area contributed by atoms with Crippen LogP contribution in [0.1, 0.15) is 119 Å². The maximum atomic E-state index is 14.7. The van der Waals surface area contributed by atoms with Crippen LogP contribution in [0.4, 0.5) is 0 Å². The van der Waals surface area contributed by atoms with Crippen molar-refractivity contribution in [2.24, 2.45) is 34.7 Å². The Bertz CT molecular complexity index is 2430. The summed E-state index contributed by atoms with van der Waals surface area (Å²) in [6.07, 6.45) is -14.6. The molecule has 4 fully saturated rings. The molecule has 0 radical (unpaired) electrons. The summed E-state index contributed by atoms with van der Waals surface area (Å²) in [6, 6.07) is 25.2. The summed E-state index contributed by atoms with van der Waals surface area (Å²) >= 11 is 0. The predicted octanol–water partition coefficient (Wildman–Crippen LogP) is 8.77. The zero-order valence-electron chi connectivity index (χ0n) is 46.0. The maximum absolute atomic E-state index is 14.7. The molecular formula is C58H77N3O17. The fourth-order valence-electron chi connectivity index (χ4n) is 10.7. The van der Waals surface area contributed by atoms with E-state index in [-0.39, 0.29) is 53.7 Å². The minimum Gasteiger partial charge on any atom is -0.459 e. The summed E-state index contributed by atoms with van der Waals surface area (Å²) < 4.78 is 79.6. The number of hydrogen-bond donors (Lipinski definition) is 1. The molecule has 426 valence electrons. The van der Waals surface area contributed by atoms with Crippen LogP contribution in [0.5, 0.6) is 0 Å².